The number of aryl methyl sites for hydroxylation is 1. The van der Waals surface area contributed by atoms with Gasteiger partial charge >= 0.3 is 0 Å². The largest absolute Gasteiger partial charge is 0.493 e. The third-order valence-electron chi connectivity index (χ3n) is 2.22. The van der Waals surface area contributed by atoms with Crippen LogP contribution in [-0.2, 0) is 4.79 Å². The van der Waals surface area contributed by atoms with E-state index in [1.54, 1.807) is 6.07 Å². The first-order chi connectivity index (χ1) is 8.13. The van der Waals surface area contributed by atoms with Crippen molar-refractivity contribution in [2.45, 2.75) is 13.3 Å². The van der Waals surface area contributed by atoms with E-state index in [0.717, 1.165) is 17.7 Å². The maximum Gasteiger partial charge on any atom is 0.233 e. The predicted octanol–water partition coefficient (Wildman–Crippen LogP) is 1.91. The zero-order chi connectivity index (χ0) is 12.7. The van der Waals surface area contributed by atoms with E-state index in [9.17, 15) is 4.79 Å². The van der Waals surface area contributed by atoms with Gasteiger partial charge in [0.2, 0.25) is 5.91 Å². The topological polar surface area (TPSA) is 64.3 Å². The molecule has 0 aromatic heterocycles. The Bertz CT molecular complexity index is 386. The number of rotatable bonds is 6. The normalized spacial score (nSPS) is 9.50. The van der Waals surface area contributed by atoms with Crippen molar-refractivity contribution in [3.8, 4) is 5.75 Å². The highest BCUT2D eigenvalue weighted by Crippen LogP contribution is 2.21. The van der Waals surface area contributed by atoms with Crippen LogP contribution in [0.5, 0.6) is 5.75 Å². The number of hydrogen-bond acceptors (Lipinski definition) is 3. The van der Waals surface area contributed by atoms with Gasteiger partial charge < -0.3 is 15.8 Å². The van der Waals surface area contributed by atoms with Gasteiger partial charge in [-0.3, -0.25) is 4.79 Å². The Labute approximate surface area is 118 Å². The number of nitrogens with two attached hydrogens (primary N) is 1. The summed E-state index contributed by atoms with van der Waals surface area (Å²) in [4.78, 5) is 10.8. The van der Waals surface area contributed by atoms with Gasteiger partial charge in [-0.25, -0.2) is 0 Å². The van der Waals surface area contributed by atoms with E-state index in [2.05, 4.69) is 5.32 Å². The van der Waals surface area contributed by atoms with Crippen LogP contribution in [0, 0.1) is 6.92 Å². The molecule has 0 radical (unpaired) electrons. The molecule has 3 N–H and O–H groups in total. The van der Waals surface area contributed by atoms with Gasteiger partial charge in [0.25, 0.3) is 0 Å². The first kappa shape index (κ1) is 17.0. The summed E-state index contributed by atoms with van der Waals surface area (Å²) in [5, 5.41) is 3.38. The van der Waals surface area contributed by atoms with Crippen molar-refractivity contribution in [1.82, 2.24) is 5.32 Å². The zero-order valence-electron chi connectivity index (χ0n) is 10.2. The van der Waals surface area contributed by atoms with E-state index < -0.39 is 0 Å². The molecule has 1 rings (SSSR count). The minimum Gasteiger partial charge on any atom is -0.493 e. The SMILES string of the molecule is Cc1cc(Cl)ccc1OCCCNC(=O)CN.Cl. The molecule has 4 nitrogen and oxygen atoms in total. The van der Waals surface area contributed by atoms with Gasteiger partial charge in [0.1, 0.15) is 5.75 Å². The number of ether oxygens (including phenoxy) is 1. The Balaban J connectivity index is 0.00000289. The number of carbonyl (C=O) groups is 1. The summed E-state index contributed by atoms with van der Waals surface area (Å²) >= 11 is 5.84. The molecule has 0 aliphatic carbocycles. The van der Waals surface area contributed by atoms with Crippen molar-refractivity contribution in [3.05, 3.63) is 28.8 Å². The molecule has 1 amide bonds. The van der Waals surface area contributed by atoms with Crippen LogP contribution in [0.3, 0.4) is 0 Å². The average molecular weight is 293 g/mol. The van der Waals surface area contributed by atoms with Gasteiger partial charge in [0.15, 0.2) is 0 Å². The fourth-order valence-corrected chi connectivity index (χ4v) is 1.56. The lowest BCUT2D eigenvalue weighted by Crippen LogP contribution is -2.31. The summed E-state index contributed by atoms with van der Waals surface area (Å²) < 4.78 is 5.57. The molecule has 0 aliphatic heterocycles. The van der Waals surface area contributed by atoms with Crippen LogP contribution in [0.4, 0.5) is 0 Å². The second kappa shape index (κ2) is 9.03. The van der Waals surface area contributed by atoms with Crippen LogP contribution in [0.1, 0.15) is 12.0 Å². The molecular weight excluding hydrogens is 275 g/mol. The number of halogens is 2. The lowest BCUT2D eigenvalue weighted by Gasteiger charge is -2.09. The minimum absolute atomic E-state index is 0. The van der Waals surface area contributed by atoms with Gasteiger partial charge in [-0.15, -0.1) is 12.4 Å². The van der Waals surface area contributed by atoms with E-state index >= 15 is 0 Å². The maximum atomic E-state index is 10.8. The molecule has 0 saturated carbocycles. The molecular formula is C12H18Cl2N2O2. The van der Waals surface area contributed by atoms with E-state index in [-0.39, 0.29) is 24.9 Å². The first-order valence-electron chi connectivity index (χ1n) is 5.49. The average Bonchev–Trinajstić information content (AvgIpc) is 2.30. The number of amides is 1. The number of benzene rings is 1. The Morgan fingerprint density at radius 1 is 1.50 bits per heavy atom. The molecule has 1 aromatic rings. The second-order valence-electron chi connectivity index (χ2n) is 3.67. The quantitative estimate of drug-likeness (QED) is 0.788. The molecule has 0 spiro atoms. The fraction of sp³-hybridized carbons (Fsp3) is 0.417. The highest BCUT2D eigenvalue weighted by Gasteiger charge is 2.00. The van der Waals surface area contributed by atoms with Crippen LogP contribution < -0.4 is 15.8 Å². The van der Waals surface area contributed by atoms with Crippen molar-refractivity contribution < 1.29 is 9.53 Å². The minimum atomic E-state index is -0.146. The highest BCUT2D eigenvalue weighted by molar-refractivity contribution is 6.30. The van der Waals surface area contributed by atoms with Crippen molar-refractivity contribution in [3.63, 3.8) is 0 Å². The Kier molecular flexibility index (Phi) is 8.54. The summed E-state index contributed by atoms with van der Waals surface area (Å²) in [6.45, 7) is 3.09. The number of carbonyl (C=O) groups excluding carboxylic acids is 1. The van der Waals surface area contributed by atoms with Crippen molar-refractivity contribution in [2.24, 2.45) is 5.73 Å². The molecule has 18 heavy (non-hydrogen) atoms. The molecule has 0 unspecified atom stereocenters. The van der Waals surface area contributed by atoms with Crippen LogP contribution in [-0.4, -0.2) is 25.6 Å². The van der Waals surface area contributed by atoms with Crippen LogP contribution in [0.2, 0.25) is 5.02 Å². The highest BCUT2D eigenvalue weighted by atomic mass is 35.5. The zero-order valence-corrected chi connectivity index (χ0v) is 11.8. The Morgan fingerprint density at radius 2 is 2.22 bits per heavy atom. The van der Waals surface area contributed by atoms with Crippen LogP contribution in [0.25, 0.3) is 0 Å². The van der Waals surface area contributed by atoms with Crippen molar-refractivity contribution >= 4 is 29.9 Å². The molecule has 0 atom stereocenters. The summed E-state index contributed by atoms with van der Waals surface area (Å²) in [5.41, 5.74) is 6.16. The summed E-state index contributed by atoms with van der Waals surface area (Å²) in [6, 6.07) is 5.49. The summed E-state index contributed by atoms with van der Waals surface area (Å²) in [7, 11) is 0. The lowest BCUT2D eigenvalue weighted by atomic mass is 10.2. The standard InChI is InChI=1S/C12H17ClN2O2.ClH/c1-9-7-10(13)3-4-11(9)17-6-2-5-15-12(16)8-14;/h3-4,7H,2,5-6,8,14H2,1H3,(H,15,16);1H. The van der Waals surface area contributed by atoms with Gasteiger partial charge in [-0.05, 0) is 37.1 Å². The third-order valence-corrected chi connectivity index (χ3v) is 2.46. The lowest BCUT2D eigenvalue weighted by molar-refractivity contribution is -0.119. The number of hydrogen-bond donors (Lipinski definition) is 2. The van der Waals surface area contributed by atoms with E-state index in [1.807, 2.05) is 19.1 Å². The van der Waals surface area contributed by atoms with E-state index in [4.69, 9.17) is 22.1 Å². The molecule has 0 saturated heterocycles. The monoisotopic (exact) mass is 292 g/mol. The first-order valence-corrected chi connectivity index (χ1v) is 5.87. The van der Waals surface area contributed by atoms with Crippen LogP contribution >= 0.6 is 24.0 Å². The molecule has 0 fully saturated rings. The molecule has 0 aliphatic rings. The molecule has 0 heterocycles. The van der Waals surface area contributed by atoms with Gasteiger partial charge in [0, 0.05) is 11.6 Å². The third kappa shape index (κ3) is 6.10. The van der Waals surface area contributed by atoms with Gasteiger partial charge in [0.05, 0.1) is 13.2 Å². The fourth-order valence-electron chi connectivity index (χ4n) is 1.33. The van der Waals surface area contributed by atoms with Gasteiger partial charge in [-0.2, -0.15) is 0 Å². The second-order valence-corrected chi connectivity index (χ2v) is 4.10. The van der Waals surface area contributed by atoms with Crippen molar-refractivity contribution in [2.75, 3.05) is 19.7 Å². The Morgan fingerprint density at radius 3 is 2.83 bits per heavy atom. The molecule has 6 heteroatoms. The van der Waals surface area contributed by atoms with E-state index in [1.165, 1.54) is 0 Å². The number of nitrogens with one attached hydrogen (secondary N) is 1. The molecule has 1 aromatic carbocycles. The van der Waals surface area contributed by atoms with Crippen molar-refractivity contribution in [1.29, 1.82) is 0 Å². The van der Waals surface area contributed by atoms with Gasteiger partial charge in [-0.1, -0.05) is 11.6 Å². The summed E-state index contributed by atoms with van der Waals surface area (Å²) in [6.07, 6.45) is 0.744. The van der Waals surface area contributed by atoms with E-state index in [0.29, 0.717) is 18.2 Å². The summed E-state index contributed by atoms with van der Waals surface area (Å²) in [5.74, 6) is 0.673. The predicted molar refractivity (Wildman–Crippen MR) is 75.6 cm³/mol. The smallest absolute Gasteiger partial charge is 0.233 e. The molecule has 0 bridgehead atoms. The maximum absolute atomic E-state index is 10.8. The molecule has 102 valence electrons. The van der Waals surface area contributed by atoms with Crippen LogP contribution in [0.15, 0.2) is 18.2 Å². The Hall–Kier alpha value is -0.970.